The summed E-state index contributed by atoms with van der Waals surface area (Å²) in [6.07, 6.45) is 3.02. The molecule has 0 radical (unpaired) electrons. The van der Waals surface area contributed by atoms with E-state index in [9.17, 15) is 9.59 Å². The normalized spacial score (nSPS) is 17.6. The SMILES string of the molecule is O=C1NC(=S)N(c2ccccc2)C(=O)[C@H]1C=Nc1cccc2cccnc12. The molecule has 27 heavy (non-hydrogen) atoms. The number of nitrogens with one attached hydrogen (secondary N) is 1. The molecule has 6 nitrogen and oxygen atoms in total. The van der Waals surface area contributed by atoms with Crippen molar-refractivity contribution in [1.82, 2.24) is 10.3 Å². The molecule has 1 aromatic heterocycles. The summed E-state index contributed by atoms with van der Waals surface area (Å²) in [5, 5.41) is 3.56. The average Bonchev–Trinajstić information content (AvgIpc) is 2.68. The molecule has 2 aromatic carbocycles. The summed E-state index contributed by atoms with van der Waals surface area (Å²) >= 11 is 5.18. The maximum absolute atomic E-state index is 12.9. The molecule has 1 atom stereocenters. The lowest BCUT2D eigenvalue weighted by atomic mass is 10.1. The lowest BCUT2D eigenvalue weighted by molar-refractivity contribution is -0.130. The number of amides is 2. The fourth-order valence-electron chi connectivity index (χ4n) is 2.89. The second-order valence-corrected chi connectivity index (χ2v) is 6.30. The van der Waals surface area contributed by atoms with Gasteiger partial charge in [-0.2, -0.15) is 0 Å². The van der Waals surface area contributed by atoms with Crippen molar-refractivity contribution >= 4 is 57.6 Å². The highest BCUT2D eigenvalue weighted by atomic mass is 32.1. The summed E-state index contributed by atoms with van der Waals surface area (Å²) < 4.78 is 0. The quantitative estimate of drug-likeness (QED) is 0.434. The first-order valence-electron chi connectivity index (χ1n) is 8.27. The predicted molar refractivity (Wildman–Crippen MR) is 108 cm³/mol. The van der Waals surface area contributed by atoms with Crippen molar-refractivity contribution in [2.24, 2.45) is 10.9 Å². The number of benzene rings is 2. The van der Waals surface area contributed by atoms with Crippen LogP contribution in [0.1, 0.15) is 0 Å². The number of aromatic nitrogens is 1. The molecule has 1 fully saturated rings. The van der Waals surface area contributed by atoms with Crippen molar-refractivity contribution in [3.63, 3.8) is 0 Å². The number of rotatable bonds is 3. The maximum Gasteiger partial charge on any atom is 0.251 e. The van der Waals surface area contributed by atoms with Crippen LogP contribution in [0.15, 0.2) is 71.9 Å². The zero-order valence-electron chi connectivity index (χ0n) is 14.1. The van der Waals surface area contributed by atoms with Crippen LogP contribution in [0.25, 0.3) is 10.9 Å². The van der Waals surface area contributed by atoms with Crippen LogP contribution in [-0.2, 0) is 9.59 Å². The highest BCUT2D eigenvalue weighted by molar-refractivity contribution is 7.80. The van der Waals surface area contributed by atoms with Crippen LogP contribution in [-0.4, -0.2) is 28.1 Å². The Morgan fingerprint density at radius 3 is 2.63 bits per heavy atom. The number of aliphatic imine (C=N–C) groups is 1. The van der Waals surface area contributed by atoms with Crippen molar-refractivity contribution in [3.05, 3.63) is 66.9 Å². The van der Waals surface area contributed by atoms with Gasteiger partial charge < -0.3 is 5.32 Å². The van der Waals surface area contributed by atoms with Crippen molar-refractivity contribution in [2.45, 2.75) is 0 Å². The van der Waals surface area contributed by atoms with Gasteiger partial charge in [-0.3, -0.25) is 24.5 Å². The third kappa shape index (κ3) is 3.20. The average molecular weight is 374 g/mol. The molecule has 7 heteroatoms. The minimum atomic E-state index is -1.07. The fourth-order valence-corrected chi connectivity index (χ4v) is 3.19. The Morgan fingerprint density at radius 2 is 1.81 bits per heavy atom. The first-order valence-corrected chi connectivity index (χ1v) is 8.68. The van der Waals surface area contributed by atoms with Crippen molar-refractivity contribution in [1.29, 1.82) is 0 Å². The molecule has 0 unspecified atom stereocenters. The Balaban J connectivity index is 1.68. The maximum atomic E-state index is 12.9. The van der Waals surface area contributed by atoms with Gasteiger partial charge in [-0.05, 0) is 36.5 Å². The minimum absolute atomic E-state index is 0.0627. The van der Waals surface area contributed by atoms with Crippen LogP contribution in [0.3, 0.4) is 0 Å². The Kier molecular flexibility index (Phi) is 4.43. The molecule has 0 saturated carbocycles. The number of carbonyl (C=O) groups is 2. The molecule has 2 heterocycles. The van der Waals surface area contributed by atoms with E-state index in [0.29, 0.717) is 16.9 Å². The Bertz CT molecular complexity index is 1080. The van der Waals surface area contributed by atoms with Gasteiger partial charge in [0, 0.05) is 17.8 Å². The molecule has 0 spiro atoms. The molecule has 1 aliphatic rings. The highest BCUT2D eigenvalue weighted by Gasteiger charge is 2.38. The van der Waals surface area contributed by atoms with Gasteiger partial charge >= 0.3 is 0 Å². The Morgan fingerprint density at radius 1 is 1.04 bits per heavy atom. The topological polar surface area (TPSA) is 74.7 Å². The number of carbonyl (C=O) groups excluding carboxylic acids is 2. The van der Waals surface area contributed by atoms with Crippen molar-refractivity contribution < 1.29 is 9.59 Å². The molecule has 132 valence electrons. The number of pyridine rings is 1. The zero-order chi connectivity index (χ0) is 18.8. The van der Waals surface area contributed by atoms with Crippen LogP contribution < -0.4 is 10.2 Å². The Hall–Kier alpha value is -3.45. The third-order valence-electron chi connectivity index (χ3n) is 4.19. The second-order valence-electron chi connectivity index (χ2n) is 5.91. The van der Waals surface area contributed by atoms with E-state index in [4.69, 9.17) is 12.2 Å². The molecule has 1 saturated heterocycles. The van der Waals surface area contributed by atoms with Crippen LogP contribution in [0.2, 0.25) is 0 Å². The van der Waals surface area contributed by atoms with E-state index >= 15 is 0 Å². The first kappa shape index (κ1) is 17.0. The number of thiocarbonyl (C=S) groups is 1. The largest absolute Gasteiger partial charge is 0.301 e. The monoisotopic (exact) mass is 374 g/mol. The summed E-state index contributed by atoms with van der Waals surface area (Å²) in [5.74, 6) is -2.00. The molecule has 2 amide bonds. The predicted octanol–water partition coefficient (Wildman–Crippen LogP) is 3.00. The van der Waals surface area contributed by atoms with E-state index in [1.54, 1.807) is 36.5 Å². The van der Waals surface area contributed by atoms with Crippen LogP contribution in [0, 0.1) is 5.92 Å². The first-order chi connectivity index (χ1) is 13.1. The van der Waals surface area contributed by atoms with Crippen LogP contribution in [0.5, 0.6) is 0 Å². The molecular weight excluding hydrogens is 360 g/mol. The highest BCUT2D eigenvalue weighted by Crippen LogP contribution is 2.24. The van der Waals surface area contributed by atoms with E-state index in [1.807, 2.05) is 30.3 Å². The van der Waals surface area contributed by atoms with Gasteiger partial charge in [-0.15, -0.1) is 0 Å². The zero-order valence-corrected chi connectivity index (χ0v) is 14.9. The molecule has 0 aliphatic carbocycles. The summed E-state index contributed by atoms with van der Waals surface area (Å²) in [4.78, 5) is 35.2. The van der Waals surface area contributed by atoms with Crippen molar-refractivity contribution in [2.75, 3.05) is 4.90 Å². The van der Waals surface area contributed by atoms with Gasteiger partial charge in [0.15, 0.2) is 11.0 Å². The van der Waals surface area contributed by atoms with Gasteiger partial charge in [-0.1, -0.05) is 36.4 Å². The van der Waals surface area contributed by atoms with Crippen LogP contribution in [0.4, 0.5) is 11.4 Å². The number of para-hydroxylation sites is 2. The molecule has 3 aromatic rings. The molecule has 1 N–H and O–H groups in total. The number of hydrogen-bond donors (Lipinski definition) is 1. The van der Waals surface area contributed by atoms with Gasteiger partial charge in [0.1, 0.15) is 0 Å². The summed E-state index contributed by atoms with van der Waals surface area (Å²) in [7, 11) is 0. The van der Waals surface area contributed by atoms with Gasteiger partial charge in [0.25, 0.3) is 5.91 Å². The molecule has 4 rings (SSSR count). The number of fused-ring (bicyclic) bond motifs is 1. The smallest absolute Gasteiger partial charge is 0.251 e. The summed E-state index contributed by atoms with van der Waals surface area (Å²) in [6, 6.07) is 18.3. The van der Waals surface area contributed by atoms with E-state index in [2.05, 4.69) is 15.3 Å². The third-order valence-corrected chi connectivity index (χ3v) is 4.48. The summed E-state index contributed by atoms with van der Waals surface area (Å²) in [6.45, 7) is 0. The van der Waals surface area contributed by atoms with Gasteiger partial charge in [-0.25, -0.2) is 0 Å². The number of hydrogen-bond acceptors (Lipinski definition) is 5. The lowest BCUT2D eigenvalue weighted by Gasteiger charge is -2.30. The fraction of sp³-hybridized carbons (Fsp3) is 0.0500. The lowest BCUT2D eigenvalue weighted by Crippen LogP contribution is -2.58. The number of nitrogens with zero attached hydrogens (tertiary/aromatic N) is 3. The van der Waals surface area contributed by atoms with Gasteiger partial charge in [0.2, 0.25) is 5.91 Å². The molecule has 1 aliphatic heterocycles. The standard InChI is InChI=1S/C20H14N4O2S/c25-18-15(12-22-16-10-4-6-13-7-5-11-21-17(13)16)19(26)24(20(27)23-18)14-8-2-1-3-9-14/h1-12,15H,(H,23,25,27)/t15-/m0/s1. The second kappa shape index (κ2) is 7.05. The van der Waals surface area contributed by atoms with Crippen LogP contribution >= 0.6 is 12.2 Å². The molecule has 0 bridgehead atoms. The van der Waals surface area contributed by atoms with E-state index in [0.717, 1.165) is 5.39 Å². The number of anilines is 1. The van der Waals surface area contributed by atoms with Gasteiger partial charge in [0.05, 0.1) is 16.9 Å². The van der Waals surface area contributed by atoms with E-state index in [1.165, 1.54) is 11.1 Å². The van der Waals surface area contributed by atoms with E-state index in [-0.39, 0.29) is 5.11 Å². The summed E-state index contributed by atoms with van der Waals surface area (Å²) in [5.41, 5.74) is 1.89. The van der Waals surface area contributed by atoms with Crippen molar-refractivity contribution in [3.8, 4) is 0 Å². The minimum Gasteiger partial charge on any atom is -0.301 e. The Labute approximate surface area is 160 Å². The molecular formula is C20H14N4O2S. The van der Waals surface area contributed by atoms with E-state index < -0.39 is 17.7 Å².